The Bertz CT molecular complexity index is 560. The lowest BCUT2D eigenvalue weighted by atomic mass is 10.2. The molecule has 0 spiro atoms. The topological polar surface area (TPSA) is 58.4 Å². The van der Waals surface area contributed by atoms with E-state index in [1.807, 2.05) is 19.0 Å². The number of benzene rings is 1. The molecule has 5 heteroatoms. The van der Waals surface area contributed by atoms with Gasteiger partial charge >= 0.3 is 0 Å². The van der Waals surface area contributed by atoms with Crippen LogP contribution in [0.25, 0.3) is 11.1 Å². The van der Waals surface area contributed by atoms with Gasteiger partial charge in [0.2, 0.25) is 0 Å². The Balaban J connectivity index is 2.08. The Kier molecular flexibility index (Phi) is 3.62. The minimum absolute atomic E-state index is 0.0900. The van der Waals surface area contributed by atoms with Gasteiger partial charge in [0.05, 0.1) is 0 Å². The molecule has 1 aromatic heterocycles. The Morgan fingerprint density at radius 3 is 2.94 bits per heavy atom. The van der Waals surface area contributed by atoms with Crippen molar-refractivity contribution >= 4 is 17.0 Å². The molecule has 0 fully saturated rings. The van der Waals surface area contributed by atoms with Crippen LogP contribution in [0.3, 0.4) is 0 Å². The number of carbonyl (C=O) groups is 1. The molecule has 0 radical (unpaired) electrons. The van der Waals surface area contributed by atoms with Gasteiger partial charge in [0.15, 0.2) is 11.5 Å². The van der Waals surface area contributed by atoms with E-state index in [-0.39, 0.29) is 5.91 Å². The second-order valence-electron chi connectivity index (χ2n) is 4.47. The quantitative estimate of drug-likeness (QED) is 0.888. The molecule has 2 aromatic rings. The molecule has 1 N–H and O–H groups in total. The smallest absolute Gasteiger partial charge is 0.251 e. The molecule has 1 amide bonds. The first-order chi connectivity index (χ1) is 8.56. The predicted molar refractivity (Wildman–Crippen MR) is 69.6 cm³/mol. The maximum Gasteiger partial charge on any atom is 0.251 e. The van der Waals surface area contributed by atoms with Crippen LogP contribution in [0.5, 0.6) is 0 Å². The third-order valence-electron chi connectivity index (χ3n) is 2.60. The van der Waals surface area contributed by atoms with Gasteiger partial charge in [-0.15, -0.1) is 0 Å². The number of aromatic nitrogens is 1. The number of hydrogen-bond acceptors (Lipinski definition) is 4. The van der Waals surface area contributed by atoms with E-state index in [0.29, 0.717) is 23.6 Å². The van der Waals surface area contributed by atoms with Crippen LogP contribution in [0.15, 0.2) is 22.6 Å². The molecule has 96 valence electrons. The average Bonchev–Trinajstić information content (AvgIpc) is 2.67. The third-order valence-corrected chi connectivity index (χ3v) is 2.60. The fourth-order valence-corrected chi connectivity index (χ4v) is 1.68. The van der Waals surface area contributed by atoms with Gasteiger partial charge in [-0.3, -0.25) is 4.79 Å². The number of hydrogen-bond donors (Lipinski definition) is 1. The van der Waals surface area contributed by atoms with E-state index in [4.69, 9.17) is 4.42 Å². The molecule has 0 aliphatic carbocycles. The van der Waals surface area contributed by atoms with E-state index < -0.39 is 0 Å². The number of fused-ring (bicyclic) bond motifs is 1. The maximum absolute atomic E-state index is 11.9. The highest BCUT2D eigenvalue weighted by atomic mass is 16.3. The Morgan fingerprint density at radius 2 is 2.22 bits per heavy atom. The zero-order valence-corrected chi connectivity index (χ0v) is 10.9. The highest BCUT2D eigenvalue weighted by molar-refractivity contribution is 5.96. The summed E-state index contributed by atoms with van der Waals surface area (Å²) < 4.78 is 5.40. The van der Waals surface area contributed by atoms with Crippen LogP contribution in [-0.2, 0) is 0 Å². The second kappa shape index (κ2) is 5.18. The zero-order valence-electron chi connectivity index (χ0n) is 10.9. The van der Waals surface area contributed by atoms with E-state index in [1.165, 1.54) is 0 Å². The Hall–Kier alpha value is -1.88. The van der Waals surface area contributed by atoms with Crippen molar-refractivity contribution in [2.75, 3.05) is 27.2 Å². The highest BCUT2D eigenvalue weighted by Gasteiger charge is 2.08. The summed E-state index contributed by atoms with van der Waals surface area (Å²) >= 11 is 0. The minimum atomic E-state index is -0.0900. The van der Waals surface area contributed by atoms with Gasteiger partial charge in [-0.1, -0.05) is 0 Å². The number of amides is 1. The first kappa shape index (κ1) is 12.6. The third kappa shape index (κ3) is 2.87. The van der Waals surface area contributed by atoms with Crippen LogP contribution >= 0.6 is 0 Å². The first-order valence-corrected chi connectivity index (χ1v) is 5.86. The summed E-state index contributed by atoms with van der Waals surface area (Å²) in [5, 5.41) is 2.86. The SMILES string of the molecule is Cc1nc2ccc(C(=O)NCCN(C)C)cc2o1. The molecule has 18 heavy (non-hydrogen) atoms. The lowest BCUT2D eigenvalue weighted by Gasteiger charge is -2.10. The van der Waals surface area contributed by atoms with Crippen molar-refractivity contribution < 1.29 is 9.21 Å². The molecule has 0 saturated carbocycles. The average molecular weight is 247 g/mol. The van der Waals surface area contributed by atoms with Crippen molar-refractivity contribution in [1.29, 1.82) is 0 Å². The van der Waals surface area contributed by atoms with E-state index >= 15 is 0 Å². The molecule has 5 nitrogen and oxygen atoms in total. The van der Waals surface area contributed by atoms with Crippen molar-refractivity contribution in [3.05, 3.63) is 29.7 Å². The maximum atomic E-state index is 11.9. The number of rotatable bonds is 4. The lowest BCUT2D eigenvalue weighted by molar-refractivity contribution is 0.0951. The number of oxazole rings is 1. The molecule has 1 aromatic carbocycles. The van der Waals surface area contributed by atoms with Crippen molar-refractivity contribution in [1.82, 2.24) is 15.2 Å². The predicted octanol–water partition coefficient (Wildman–Crippen LogP) is 1.43. The van der Waals surface area contributed by atoms with E-state index in [1.54, 1.807) is 25.1 Å². The van der Waals surface area contributed by atoms with Crippen molar-refractivity contribution in [2.24, 2.45) is 0 Å². The van der Waals surface area contributed by atoms with Crippen molar-refractivity contribution in [3.63, 3.8) is 0 Å². The minimum Gasteiger partial charge on any atom is -0.441 e. The molecule has 0 atom stereocenters. The summed E-state index contributed by atoms with van der Waals surface area (Å²) in [6.45, 7) is 3.23. The first-order valence-electron chi connectivity index (χ1n) is 5.86. The second-order valence-corrected chi connectivity index (χ2v) is 4.47. The number of likely N-dealkylation sites (N-methyl/N-ethyl adjacent to an activating group) is 1. The van der Waals surface area contributed by atoms with Crippen LogP contribution < -0.4 is 5.32 Å². The van der Waals surface area contributed by atoms with Gasteiger partial charge in [0.25, 0.3) is 5.91 Å². The van der Waals surface area contributed by atoms with Gasteiger partial charge in [-0.2, -0.15) is 0 Å². The fraction of sp³-hybridized carbons (Fsp3) is 0.385. The largest absolute Gasteiger partial charge is 0.441 e. The van der Waals surface area contributed by atoms with Crippen molar-refractivity contribution in [3.8, 4) is 0 Å². The van der Waals surface area contributed by atoms with E-state index in [0.717, 1.165) is 12.1 Å². The van der Waals surface area contributed by atoms with Crippen LogP contribution in [0.1, 0.15) is 16.2 Å². The molecule has 1 heterocycles. The molecule has 0 saturated heterocycles. The molecular weight excluding hydrogens is 230 g/mol. The van der Waals surface area contributed by atoms with Gasteiger partial charge < -0.3 is 14.6 Å². The molecule has 0 aliphatic rings. The van der Waals surface area contributed by atoms with Crippen LogP contribution in [0.2, 0.25) is 0 Å². The molecule has 0 aliphatic heterocycles. The molecule has 0 unspecified atom stereocenters. The molecular formula is C13H17N3O2. The molecule has 0 bridgehead atoms. The standard InChI is InChI=1S/C13H17N3O2/c1-9-15-11-5-4-10(8-12(11)18-9)13(17)14-6-7-16(2)3/h4-5,8H,6-7H2,1-3H3,(H,14,17). The normalized spacial score (nSPS) is 11.1. The highest BCUT2D eigenvalue weighted by Crippen LogP contribution is 2.16. The number of nitrogens with zero attached hydrogens (tertiary/aromatic N) is 2. The van der Waals surface area contributed by atoms with Crippen LogP contribution in [-0.4, -0.2) is 43.0 Å². The summed E-state index contributed by atoms with van der Waals surface area (Å²) in [6, 6.07) is 5.28. The zero-order chi connectivity index (χ0) is 13.1. The van der Waals surface area contributed by atoms with E-state index in [2.05, 4.69) is 10.3 Å². The van der Waals surface area contributed by atoms with Gasteiger partial charge in [0, 0.05) is 25.6 Å². The number of nitrogens with one attached hydrogen (secondary N) is 1. The summed E-state index contributed by atoms with van der Waals surface area (Å²) in [6.07, 6.45) is 0. The Morgan fingerprint density at radius 1 is 1.44 bits per heavy atom. The summed E-state index contributed by atoms with van der Waals surface area (Å²) in [4.78, 5) is 18.1. The van der Waals surface area contributed by atoms with Crippen LogP contribution in [0, 0.1) is 6.92 Å². The monoisotopic (exact) mass is 247 g/mol. The lowest BCUT2D eigenvalue weighted by Crippen LogP contribution is -2.31. The van der Waals surface area contributed by atoms with Gasteiger partial charge in [-0.25, -0.2) is 4.98 Å². The summed E-state index contributed by atoms with van der Waals surface area (Å²) in [7, 11) is 3.94. The van der Waals surface area contributed by atoms with Gasteiger partial charge in [-0.05, 0) is 32.3 Å². The summed E-state index contributed by atoms with van der Waals surface area (Å²) in [5.74, 6) is 0.517. The van der Waals surface area contributed by atoms with E-state index in [9.17, 15) is 4.79 Å². The molecule has 2 rings (SSSR count). The number of carbonyl (C=O) groups excluding carboxylic acids is 1. The van der Waals surface area contributed by atoms with Crippen LogP contribution in [0.4, 0.5) is 0 Å². The number of aryl methyl sites for hydroxylation is 1. The van der Waals surface area contributed by atoms with Crippen molar-refractivity contribution in [2.45, 2.75) is 6.92 Å². The Labute approximate surface area is 106 Å². The fourth-order valence-electron chi connectivity index (χ4n) is 1.68. The van der Waals surface area contributed by atoms with Gasteiger partial charge in [0.1, 0.15) is 5.52 Å². The summed E-state index contributed by atoms with van der Waals surface area (Å²) in [5.41, 5.74) is 2.02.